The van der Waals surface area contributed by atoms with Crippen molar-refractivity contribution in [2.45, 2.75) is 66.2 Å². The monoisotopic (exact) mass is 265 g/mol. The van der Waals surface area contributed by atoms with Gasteiger partial charge in [0, 0.05) is 0 Å². The molecule has 3 unspecified atom stereocenters. The van der Waals surface area contributed by atoms with Crippen LogP contribution in [-0.2, 0) is 0 Å². The molecule has 1 fully saturated rings. The zero-order chi connectivity index (χ0) is 14.3. The van der Waals surface area contributed by atoms with Gasteiger partial charge in [0.2, 0.25) is 0 Å². The van der Waals surface area contributed by atoms with Crippen LogP contribution >= 0.6 is 0 Å². The fraction of sp³-hybridized carbons (Fsp3) is 0.889. The van der Waals surface area contributed by atoms with Crippen molar-refractivity contribution in [3.05, 3.63) is 12.2 Å². The first-order chi connectivity index (χ1) is 9.04. The van der Waals surface area contributed by atoms with E-state index in [4.69, 9.17) is 0 Å². The van der Waals surface area contributed by atoms with Gasteiger partial charge in [-0.05, 0) is 82.2 Å². The second-order valence-electron chi connectivity index (χ2n) is 7.04. The van der Waals surface area contributed by atoms with E-state index in [1.807, 2.05) is 0 Å². The molecule has 1 N–H and O–H groups in total. The first-order valence-corrected chi connectivity index (χ1v) is 8.39. The molecular formula is C18H35N. The molecule has 0 spiro atoms. The highest BCUT2D eigenvalue weighted by molar-refractivity contribution is 4.91. The molecule has 19 heavy (non-hydrogen) atoms. The molecule has 1 saturated carbocycles. The van der Waals surface area contributed by atoms with E-state index in [0.29, 0.717) is 0 Å². The van der Waals surface area contributed by atoms with E-state index in [0.717, 1.165) is 23.7 Å². The maximum Gasteiger partial charge on any atom is -0.00179 e. The molecule has 112 valence electrons. The van der Waals surface area contributed by atoms with Gasteiger partial charge in [-0.3, -0.25) is 0 Å². The van der Waals surface area contributed by atoms with Crippen LogP contribution in [0.15, 0.2) is 12.2 Å². The molecule has 1 aliphatic carbocycles. The summed E-state index contributed by atoms with van der Waals surface area (Å²) in [6, 6.07) is 0. The van der Waals surface area contributed by atoms with Crippen molar-refractivity contribution in [3.8, 4) is 0 Å². The summed E-state index contributed by atoms with van der Waals surface area (Å²) in [5, 5.41) is 3.64. The molecule has 3 atom stereocenters. The molecule has 0 saturated heterocycles. The van der Waals surface area contributed by atoms with Crippen molar-refractivity contribution in [1.29, 1.82) is 0 Å². The Bertz CT molecular complexity index is 256. The average molecular weight is 265 g/mol. The maximum atomic E-state index is 4.08. The minimum Gasteiger partial charge on any atom is -0.316 e. The van der Waals surface area contributed by atoms with Gasteiger partial charge in [-0.2, -0.15) is 0 Å². The smallest absolute Gasteiger partial charge is 0.00179 e. The number of allylic oxidation sites excluding steroid dienone is 1. The van der Waals surface area contributed by atoms with E-state index in [9.17, 15) is 0 Å². The van der Waals surface area contributed by atoms with Gasteiger partial charge >= 0.3 is 0 Å². The first-order valence-electron chi connectivity index (χ1n) is 8.39. The van der Waals surface area contributed by atoms with Gasteiger partial charge in [0.05, 0.1) is 0 Å². The highest BCUT2D eigenvalue weighted by Gasteiger charge is 2.31. The predicted octanol–water partition coefficient (Wildman–Crippen LogP) is 5.03. The molecule has 1 nitrogen and oxygen atoms in total. The molecule has 0 amide bonds. The van der Waals surface area contributed by atoms with Gasteiger partial charge in [0.25, 0.3) is 0 Å². The molecule has 0 bridgehead atoms. The SMILES string of the molecule is C=C(C)CCC1CC(C(C)C)CCC1CNCCC. The lowest BCUT2D eigenvalue weighted by atomic mass is 9.69. The van der Waals surface area contributed by atoms with Crippen LogP contribution in [0.2, 0.25) is 0 Å². The largest absolute Gasteiger partial charge is 0.316 e. The van der Waals surface area contributed by atoms with Gasteiger partial charge in [0.1, 0.15) is 0 Å². The van der Waals surface area contributed by atoms with Crippen LogP contribution in [-0.4, -0.2) is 13.1 Å². The van der Waals surface area contributed by atoms with Gasteiger partial charge in [0.15, 0.2) is 0 Å². The summed E-state index contributed by atoms with van der Waals surface area (Å²) in [6.45, 7) is 15.7. The van der Waals surface area contributed by atoms with Crippen molar-refractivity contribution in [1.82, 2.24) is 5.32 Å². The Morgan fingerprint density at radius 3 is 2.58 bits per heavy atom. The zero-order valence-corrected chi connectivity index (χ0v) is 13.7. The minimum atomic E-state index is 0.858. The van der Waals surface area contributed by atoms with Crippen LogP contribution in [0.4, 0.5) is 0 Å². The van der Waals surface area contributed by atoms with E-state index in [1.54, 1.807) is 0 Å². The Morgan fingerprint density at radius 1 is 1.26 bits per heavy atom. The Kier molecular flexibility index (Phi) is 7.75. The third-order valence-corrected chi connectivity index (χ3v) is 4.90. The Hall–Kier alpha value is -0.300. The summed E-state index contributed by atoms with van der Waals surface area (Å²) >= 11 is 0. The van der Waals surface area contributed by atoms with E-state index >= 15 is 0 Å². The van der Waals surface area contributed by atoms with Crippen LogP contribution in [0.1, 0.15) is 66.2 Å². The molecule has 0 radical (unpaired) electrons. The quantitative estimate of drug-likeness (QED) is 0.479. The van der Waals surface area contributed by atoms with Crippen LogP contribution in [0.25, 0.3) is 0 Å². The molecular weight excluding hydrogens is 230 g/mol. The standard InChI is InChI=1S/C18H35N/c1-6-11-19-13-18-10-9-16(15(4)5)12-17(18)8-7-14(2)3/h15-19H,2,6-13H2,1,3-5H3. The lowest BCUT2D eigenvalue weighted by Gasteiger charge is -2.38. The van der Waals surface area contributed by atoms with Crippen LogP contribution in [0.5, 0.6) is 0 Å². The summed E-state index contributed by atoms with van der Waals surface area (Å²) in [6.07, 6.45) is 8.15. The van der Waals surface area contributed by atoms with Crippen LogP contribution in [0.3, 0.4) is 0 Å². The zero-order valence-electron chi connectivity index (χ0n) is 13.7. The van der Waals surface area contributed by atoms with Gasteiger partial charge in [-0.15, -0.1) is 6.58 Å². The van der Waals surface area contributed by atoms with Crippen LogP contribution < -0.4 is 5.32 Å². The third kappa shape index (κ3) is 6.12. The molecule has 0 aromatic carbocycles. The van der Waals surface area contributed by atoms with Crippen LogP contribution in [0, 0.1) is 23.7 Å². The number of hydrogen-bond donors (Lipinski definition) is 1. The molecule has 0 aromatic heterocycles. The highest BCUT2D eigenvalue weighted by Crippen LogP contribution is 2.39. The lowest BCUT2D eigenvalue weighted by Crippen LogP contribution is -2.34. The summed E-state index contributed by atoms with van der Waals surface area (Å²) < 4.78 is 0. The van der Waals surface area contributed by atoms with E-state index in [-0.39, 0.29) is 0 Å². The highest BCUT2D eigenvalue weighted by atomic mass is 14.9. The topological polar surface area (TPSA) is 12.0 Å². The van der Waals surface area contributed by atoms with Crippen molar-refractivity contribution in [3.63, 3.8) is 0 Å². The van der Waals surface area contributed by atoms with Gasteiger partial charge < -0.3 is 5.32 Å². The second-order valence-corrected chi connectivity index (χ2v) is 7.04. The Morgan fingerprint density at radius 2 is 2.00 bits per heavy atom. The van der Waals surface area contributed by atoms with Gasteiger partial charge in [-0.25, -0.2) is 0 Å². The lowest BCUT2D eigenvalue weighted by molar-refractivity contribution is 0.138. The van der Waals surface area contributed by atoms with E-state index in [1.165, 1.54) is 57.2 Å². The predicted molar refractivity (Wildman–Crippen MR) is 86.4 cm³/mol. The maximum absolute atomic E-state index is 4.08. The fourth-order valence-corrected chi connectivity index (χ4v) is 3.49. The number of nitrogens with one attached hydrogen (secondary N) is 1. The molecule has 0 aromatic rings. The Balaban J connectivity index is 2.49. The van der Waals surface area contributed by atoms with Crippen molar-refractivity contribution in [2.24, 2.45) is 23.7 Å². The summed E-state index contributed by atoms with van der Waals surface area (Å²) in [5.41, 5.74) is 1.35. The normalized spacial score (nSPS) is 27.7. The third-order valence-electron chi connectivity index (χ3n) is 4.90. The number of rotatable bonds is 8. The van der Waals surface area contributed by atoms with Crippen molar-refractivity contribution >= 4 is 0 Å². The van der Waals surface area contributed by atoms with Gasteiger partial charge in [-0.1, -0.05) is 26.3 Å². The number of hydrogen-bond acceptors (Lipinski definition) is 1. The molecule has 1 aliphatic rings. The summed E-state index contributed by atoms with van der Waals surface area (Å²) in [5.74, 6) is 3.64. The molecule has 1 heteroatoms. The van der Waals surface area contributed by atoms with Crippen molar-refractivity contribution in [2.75, 3.05) is 13.1 Å². The molecule has 0 heterocycles. The summed E-state index contributed by atoms with van der Waals surface area (Å²) in [4.78, 5) is 0. The Labute approximate surface area is 121 Å². The van der Waals surface area contributed by atoms with E-state index < -0.39 is 0 Å². The average Bonchev–Trinajstić information content (AvgIpc) is 2.37. The molecule has 0 aliphatic heterocycles. The van der Waals surface area contributed by atoms with Crippen molar-refractivity contribution < 1.29 is 0 Å². The first kappa shape index (κ1) is 16.8. The fourth-order valence-electron chi connectivity index (χ4n) is 3.49. The second kappa shape index (κ2) is 8.79. The molecule has 1 rings (SSSR count). The van der Waals surface area contributed by atoms with E-state index in [2.05, 4.69) is 39.6 Å². The summed E-state index contributed by atoms with van der Waals surface area (Å²) in [7, 11) is 0. The minimum absolute atomic E-state index is 0.858.